The minimum Gasteiger partial charge on any atom is -0.357 e. The highest BCUT2D eigenvalue weighted by Crippen LogP contribution is 2.28. The fraction of sp³-hybridized carbons (Fsp3) is 0.217. The third kappa shape index (κ3) is 4.80. The normalized spacial score (nSPS) is 12.7. The van der Waals surface area contributed by atoms with E-state index in [-0.39, 0.29) is 11.1 Å². The summed E-state index contributed by atoms with van der Waals surface area (Å²) in [6.45, 7) is 6.22. The summed E-state index contributed by atoms with van der Waals surface area (Å²) in [5.41, 5.74) is 2.58. The number of halogens is 2. The molecule has 8 heteroatoms. The van der Waals surface area contributed by atoms with Crippen LogP contribution in [-0.2, 0) is 5.41 Å². The second-order valence-corrected chi connectivity index (χ2v) is 9.52. The molecule has 2 aromatic carbocycles. The Bertz CT molecular complexity index is 1230. The van der Waals surface area contributed by atoms with Crippen LogP contribution in [0.15, 0.2) is 60.8 Å². The topological polar surface area (TPSA) is 75.0 Å². The Balaban J connectivity index is 1.68. The van der Waals surface area contributed by atoms with Crippen molar-refractivity contribution in [2.75, 3.05) is 10.6 Å². The Labute approximate surface area is 193 Å². The van der Waals surface area contributed by atoms with Crippen LogP contribution in [0, 0.1) is 9.39 Å². The van der Waals surface area contributed by atoms with Gasteiger partial charge in [0.05, 0.1) is 22.6 Å². The number of rotatable bonds is 5. The van der Waals surface area contributed by atoms with Gasteiger partial charge in [0, 0.05) is 26.6 Å². The van der Waals surface area contributed by atoms with Crippen molar-refractivity contribution in [3.8, 4) is 5.69 Å². The number of hydrogen-bond acceptors (Lipinski definition) is 5. The fourth-order valence-electron chi connectivity index (χ4n) is 3.17. The number of aromatic nitrogens is 3. The summed E-state index contributed by atoms with van der Waals surface area (Å²) >= 11 is 2.04. The van der Waals surface area contributed by atoms with Gasteiger partial charge in [-0.15, -0.1) is 0 Å². The number of aliphatic hydroxyl groups excluding tert-OH is 1. The molecular formula is C23H23FIN5O. The molecule has 0 spiro atoms. The van der Waals surface area contributed by atoms with E-state index in [0.717, 1.165) is 25.9 Å². The lowest BCUT2D eigenvalue weighted by Gasteiger charge is -2.18. The molecule has 0 saturated heterocycles. The van der Waals surface area contributed by atoms with E-state index in [9.17, 15) is 9.50 Å². The lowest BCUT2D eigenvalue weighted by molar-refractivity contribution is 0.231. The van der Waals surface area contributed by atoms with Crippen molar-refractivity contribution in [1.82, 2.24) is 14.8 Å². The zero-order valence-electron chi connectivity index (χ0n) is 17.4. The Morgan fingerprint density at radius 1 is 1.06 bits per heavy atom. The van der Waals surface area contributed by atoms with Gasteiger partial charge >= 0.3 is 0 Å². The van der Waals surface area contributed by atoms with Crippen LogP contribution in [0.2, 0.25) is 0 Å². The minimum atomic E-state index is -1.22. The Kier molecular flexibility index (Phi) is 5.85. The first kappa shape index (κ1) is 21.5. The first-order valence-electron chi connectivity index (χ1n) is 9.82. The molecule has 31 heavy (non-hydrogen) atoms. The maximum Gasteiger partial charge on any atom is 0.204 e. The maximum atomic E-state index is 14.2. The molecule has 0 bridgehead atoms. The van der Waals surface area contributed by atoms with E-state index in [0.29, 0.717) is 5.82 Å². The average Bonchev–Trinajstić information content (AvgIpc) is 3.14. The second kappa shape index (κ2) is 8.43. The average molecular weight is 531 g/mol. The van der Waals surface area contributed by atoms with Crippen LogP contribution < -0.4 is 10.6 Å². The van der Waals surface area contributed by atoms with Gasteiger partial charge in [-0.2, -0.15) is 5.10 Å². The molecule has 0 amide bonds. The van der Waals surface area contributed by atoms with E-state index < -0.39 is 12.2 Å². The first-order chi connectivity index (χ1) is 14.7. The molecule has 0 fully saturated rings. The predicted octanol–water partition coefficient (Wildman–Crippen LogP) is 5.26. The summed E-state index contributed by atoms with van der Waals surface area (Å²) in [6, 6.07) is 16.4. The van der Waals surface area contributed by atoms with Gasteiger partial charge in [0.25, 0.3) is 0 Å². The van der Waals surface area contributed by atoms with E-state index in [1.807, 2.05) is 59.0 Å². The summed E-state index contributed by atoms with van der Waals surface area (Å²) < 4.78 is 16.7. The molecule has 0 radical (unpaired) electrons. The Morgan fingerprint density at radius 3 is 2.61 bits per heavy atom. The molecule has 3 N–H and O–H groups in total. The zero-order valence-corrected chi connectivity index (χ0v) is 19.6. The van der Waals surface area contributed by atoms with E-state index in [1.165, 1.54) is 6.07 Å². The largest absolute Gasteiger partial charge is 0.357 e. The van der Waals surface area contributed by atoms with Crippen molar-refractivity contribution in [2.45, 2.75) is 32.5 Å². The second-order valence-electron chi connectivity index (χ2n) is 8.27. The standard InChI is InChI=1S/C23H23FIN5O/c1-23(2,3)20-13-21(28-22(31)27-19-8-6-15(25)12-17(19)24)30(29-20)16-7-9-18-14(11-16)5-4-10-26-18/h4-13,22,27-28,31H,1-3H3. The molecule has 0 aliphatic heterocycles. The molecule has 0 aliphatic rings. The molecule has 2 aromatic heterocycles. The Morgan fingerprint density at radius 2 is 1.87 bits per heavy atom. The van der Waals surface area contributed by atoms with Crippen LogP contribution >= 0.6 is 22.6 Å². The molecule has 1 unspecified atom stereocenters. The quantitative estimate of drug-likeness (QED) is 0.242. The highest BCUT2D eigenvalue weighted by atomic mass is 127. The number of aliphatic hydroxyl groups is 1. The summed E-state index contributed by atoms with van der Waals surface area (Å²) in [6.07, 6.45) is 0.534. The minimum absolute atomic E-state index is 0.194. The van der Waals surface area contributed by atoms with Gasteiger partial charge in [-0.1, -0.05) is 26.8 Å². The summed E-state index contributed by atoms with van der Waals surface area (Å²) in [5.74, 6) is 0.151. The lowest BCUT2D eigenvalue weighted by Crippen LogP contribution is -2.29. The number of nitrogens with one attached hydrogen (secondary N) is 2. The van der Waals surface area contributed by atoms with E-state index in [2.05, 4.69) is 36.4 Å². The van der Waals surface area contributed by atoms with Crippen molar-refractivity contribution in [3.05, 3.63) is 75.9 Å². The SMILES string of the molecule is CC(C)(C)c1cc(NC(O)Nc2ccc(I)cc2F)n(-c2ccc3ncccc3c2)n1. The maximum absolute atomic E-state index is 14.2. The molecule has 1 atom stereocenters. The highest BCUT2D eigenvalue weighted by Gasteiger charge is 2.22. The molecule has 160 valence electrons. The van der Waals surface area contributed by atoms with Crippen LogP contribution in [0.1, 0.15) is 26.5 Å². The third-order valence-corrected chi connectivity index (χ3v) is 5.49. The van der Waals surface area contributed by atoms with E-state index in [1.54, 1.807) is 23.0 Å². The highest BCUT2D eigenvalue weighted by molar-refractivity contribution is 14.1. The van der Waals surface area contributed by atoms with Gasteiger partial charge < -0.3 is 15.7 Å². The predicted molar refractivity (Wildman–Crippen MR) is 130 cm³/mol. The van der Waals surface area contributed by atoms with Crippen molar-refractivity contribution >= 4 is 45.0 Å². The smallest absolute Gasteiger partial charge is 0.204 e. The summed E-state index contributed by atoms with van der Waals surface area (Å²) in [7, 11) is 0. The van der Waals surface area contributed by atoms with Crippen LogP contribution in [0.5, 0.6) is 0 Å². The van der Waals surface area contributed by atoms with Gasteiger partial charge in [0.1, 0.15) is 11.6 Å². The first-order valence-corrected chi connectivity index (χ1v) is 10.9. The number of fused-ring (bicyclic) bond motifs is 1. The van der Waals surface area contributed by atoms with Gasteiger partial charge in [0.2, 0.25) is 6.35 Å². The number of hydrogen-bond donors (Lipinski definition) is 3. The fourth-order valence-corrected chi connectivity index (χ4v) is 3.63. The number of nitrogens with zero attached hydrogens (tertiary/aromatic N) is 3. The molecule has 4 aromatic rings. The van der Waals surface area contributed by atoms with Gasteiger partial charge in [-0.05, 0) is 65.1 Å². The van der Waals surface area contributed by atoms with E-state index >= 15 is 0 Å². The van der Waals surface area contributed by atoms with Crippen molar-refractivity contribution in [3.63, 3.8) is 0 Å². The lowest BCUT2D eigenvalue weighted by atomic mass is 9.92. The van der Waals surface area contributed by atoms with Crippen molar-refractivity contribution < 1.29 is 9.50 Å². The van der Waals surface area contributed by atoms with Crippen LogP contribution in [0.3, 0.4) is 0 Å². The molecule has 6 nitrogen and oxygen atoms in total. The number of benzene rings is 2. The monoisotopic (exact) mass is 531 g/mol. The molecule has 0 saturated carbocycles. The Hall–Kier alpha value is -2.72. The molecule has 0 aliphatic carbocycles. The zero-order chi connectivity index (χ0) is 22.2. The third-order valence-electron chi connectivity index (χ3n) is 4.82. The van der Waals surface area contributed by atoms with Gasteiger partial charge in [0.15, 0.2) is 0 Å². The number of pyridine rings is 1. The molecule has 4 rings (SSSR count). The van der Waals surface area contributed by atoms with E-state index in [4.69, 9.17) is 5.10 Å². The van der Waals surface area contributed by atoms with Gasteiger partial charge in [-0.25, -0.2) is 9.07 Å². The summed E-state index contributed by atoms with van der Waals surface area (Å²) in [5, 5.41) is 22.1. The molecule has 2 heterocycles. The van der Waals surface area contributed by atoms with Crippen LogP contribution in [0.25, 0.3) is 16.6 Å². The van der Waals surface area contributed by atoms with Crippen molar-refractivity contribution in [1.29, 1.82) is 0 Å². The number of anilines is 2. The summed E-state index contributed by atoms with van der Waals surface area (Å²) in [4.78, 5) is 4.36. The molecular weight excluding hydrogens is 508 g/mol. The van der Waals surface area contributed by atoms with Crippen LogP contribution in [-0.4, -0.2) is 26.2 Å². The van der Waals surface area contributed by atoms with Crippen molar-refractivity contribution in [2.24, 2.45) is 0 Å². The van der Waals surface area contributed by atoms with Crippen LogP contribution in [0.4, 0.5) is 15.9 Å². The van der Waals surface area contributed by atoms with Gasteiger partial charge in [-0.3, -0.25) is 4.98 Å².